The summed E-state index contributed by atoms with van der Waals surface area (Å²) in [5.74, 6) is 0. The van der Waals surface area contributed by atoms with Crippen molar-refractivity contribution >= 4 is 0 Å². The smallest absolute Gasteiger partial charge is 0.0334 e. The molecule has 0 aromatic rings. The third-order valence-electron chi connectivity index (χ3n) is 2.24. The van der Waals surface area contributed by atoms with Crippen molar-refractivity contribution in [2.24, 2.45) is 0 Å². The van der Waals surface area contributed by atoms with Gasteiger partial charge < -0.3 is 0 Å². The van der Waals surface area contributed by atoms with Gasteiger partial charge in [-0.1, -0.05) is 20.3 Å². The van der Waals surface area contributed by atoms with Crippen LogP contribution in [0.5, 0.6) is 0 Å². The van der Waals surface area contributed by atoms with Gasteiger partial charge in [0.05, 0.1) is 0 Å². The molecule has 1 rings (SSSR count). The summed E-state index contributed by atoms with van der Waals surface area (Å²) in [5.41, 5.74) is 4.42. The first-order valence-corrected chi connectivity index (χ1v) is 5.08. The van der Waals surface area contributed by atoms with E-state index in [1.54, 1.807) is 0 Å². The minimum Gasteiger partial charge on any atom is -0.227 e. The highest BCUT2D eigenvalue weighted by Crippen LogP contribution is 2.05. The van der Waals surface area contributed by atoms with Gasteiger partial charge >= 0.3 is 0 Å². The lowest BCUT2D eigenvalue weighted by Gasteiger charge is -2.28. The van der Waals surface area contributed by atoms with Crippen molar-refractivity contribution < 1.29 is 0 Å². The molecule has 1 fully saturated rings. The molecular formula is C9H20N3. The highest BCUT2D eigenvalue weighted by atomic mass is 15.8. The fourth-order valence-electron chi connectivity index (χ4n) is 1.48. The van der Waals surface area contributed by atoms with Crippen LogP contribution in [0.4, 0.5) is 0 Å². The Labute approximate surface area is 75.7 Å². The summed E-state index contributed by atoms with van der Waals surface area (Å²) in [6.45, 7) is 8.82. The molecule has 12 heavy (non-hydrogen) atoms. The lowest BCUT2D eigenvalue weighted by Crippen LogP contribution is -2.44. The molecule has 0 aliphatic carbocycles. The van der Waals surface area contributed by atoms with Gasteiger partial charge in [0.15, 0.2) is 0 Å². The first kappa shape index (κ1) is 9.96. The first-order chi connectivity index (χ1) is 5.88. The van der Waals surface area contributed by atoms with E-state index in [-0.39, 0.29) is 0 Å². The number of nitrogens with zero attached hydrogens (tertiary/aromatic N) is 3. The van der Waals surface area contributed by atoms with Gasteiger partial charge in [0.1, 0.15) is 0 Å². The third-order valence-corrected chi connectivity index (χ3v) is 2.24. The van der Waals surface area contributed by atoms with Crippen LogP contribution in [0.1, 0.15) is 33.1 Å². The number of hydrogen-bond donors (Lipinski definition) is 0. The van der Waals surface area contributed by atoms with Crippen molar-refractivity contribution in [3.63, 3.8) is 0 Å². The highest BCUT2D eigenvalue weighted by Gasteiger charge is 2.17. The Morgan fingerprint density at radius 2 is 2.25 bits per heavy atom. The molecule has 1 radical (unpaired) electrons. The van der Waals surface area contributed by atoms with E-state index in [0.717, 1.165) is 26.2 Å². The summed E-state index contributed by atoms with van der Waals surface area (Å²) in [6.07, 6.45) is 3.77. The number of hydrogen-bond acceptors (Lipinski definition) is 2. The van der Waals surface area contributed by atoms with Gasteiger partial charge in [-0.05, 0) is 12.8 Å². The number of hydrazine groups is 1. The molecule has 0 aromatic heterocycles. The molecule has 0 saturated carbocycles. The SMILES string of the molecule is CCCCN(CC)N1CCC[N]1. The Balaban J connectivity index is 2.22. The zero-order valence-electron chi connectivity index (χ0n) is 8.29. The molecule has 0 atom stereocenters. The molecule has 1 aliphatic heterocycles. The standard InChI is InChI=1S/C9H20N3/c1-3-5-8-11(4-2)12-9-6-7-10-12/h3-9H2,1-2H3. The molecule has 0 spiro atoms. The van der Waals surface area contributed by atoms with E-state index >= 15 is 0 Å². The number of unbranched alkanes of at least 4 members (excludes halogenated alkanes) is 1. The average molecular weight is 170 g/mol. The lowest BCUT2D eigenvalue weighted by atomic mass is 10.3. The molecule has 1 saturated heterocycles. The van der Waals surface area contributed by atoms with Crippen LogP contribution in [0.3, 0.4) is 0 Å². The Kier molecular flexibility index (Phi) is 4.58. The van der Waals surface area contributed by atoms with Gasteiger partial charge in [0, 0.05) is 26.2 Å². The van der Waals surface area contributed by atoms with E-state index < -0.39 is 0 Å². The van der Waals surface area contributed by atoms with E-state index in [1.165, 1.54) is 19.3 Å². The second-order valence-corrected chi connectivity index (χ2v) is 3.21. The molecule has 0 aromatic carbocycles. The molecule has 1 aliphatic rings. The normalized spacial score (nSPS) is 19.2. The zero-order valence-corrected chi connectivity index (χ0v) is 8.29. The first-order valence-electron chi connectivity index (χ1n) is 5.08. The van der Waals surface area contributed by atoms with Crippen molar-refractivity contribution in [3.8, 4) is 0 Å². The van der Waals surface area contributed by atoms with E-state index in [1.807, 2.05) is 0 Å². The molecular weight excluding hydrogens is 150 g/mol. The van der Waals surface area contributed by atoms with Crippen molar-refractivity contribution in [1.82, 2.24) is 15.6 Å². The summed E-state index contributed by atoms with van der Waals surface area (Å²) in [7, 11) is 0. The van der Waals surface area contributed by atoms with Gasteiger partial charge in [-0.25, -0.2) is 5.01 Å². The Morgan fingerprint density at radius 3 is 2.75 bits per heavy atom. The maximum atomic E-state index is 4.42. The molecule has 0 amide bonds. The Morgan fingerprint density at radius 1 is 1.42 bits per heavy atom. The molecule has 3 heteroatoms. The van der Waals surface area contributed by atoms with Gasteiger partial charge in [0.2, 0.25) is 0 Å². The molecule has 1 heterocycles. The predicted octanol–water partition coefficient (Wildman–Crippen LogP) is 1.25. The van der Waals surface area contributed by atoms with E-state index in [2.05, 4.69) is 29.4 Å². The van der Waals surface area contributed by atoms with E-state index in [9.17, 15) is 0 Å². The quantitative estimate of drug-likeness (QED) is 0.619. The van der Waals surface area contributed by atoms with Crippen LogP contribution in [0.15, 0.2) is 0 Å². The van der Waals surface area contributed by atoms with Crippen LogP contribution in [0.25, 0.3) is 0 Å². The van der Waals surface area contributed by atoms with Crippen molar-refractivity contribution in [2.75, 3.05) is 26.2 Å². The van der Waals surface area contributed by atoms with Crippen LogP contribution in [-0.4, -0.2) is 36.3 Å². The summed E-state index contributed by atoms with van der Waals surface area (Å²) >= 11 is 0. The topological polar surface area (TPSA) is 20.6 Å². The summed E-state index contributed by atoms with van der Waals surface area (Å²) < 4.78 is 0. The summed E-state index contributed by atoms with van der Waals surface area (Å²) in [6, 6.07) is 0. The average Bonchev–Trinajstić information content (AvgIpc) is 2.59. The minimum atomic E-state index is 1.02. The van der Waals surface area contributed by atoms with Gasteiger partial charge in [-0.2, -0.15) is 5.12 Å². The lowest BCUT2D eigenvalue weighted by molar-refractivity contribution is -0.0444. The Hall–Kier alpha value is -0.120. The van der Waals surface area contributed by atoms with Crippen molar-refractivity contribution in [2.45, 2.75) is 33.1 Å². The monoisotopic (exact) mass is 170 g/mol. The predicted molar refractivity (Wildman–Crippen MR) is 50.5 cm³/mol. The van der Waals surface area contributed by atoms with E-state index in [0.29, 0.717) is 0 Å². The van der Waals surface area contributed by atoms with Crippen molar-refractivity contribution in [3.05, 3.63) is 0 Å². The van der Waals surface area contributed by atoms with Crippen LogP contribution in [0.2, 0.25) is 0 Å². The van der Waals surface area contributed by atoms with Gasteiger partial charge in [-0.15, -0.1) is 5.43 Å². The Bertz CT molecular complexity index is 110. The van der Waals surface area contributed by atoms with Crippen LogP contribution in [-0.2, 0) is 0 Å². The number of rotatable bonds is 5. The largest absolute Gasteiger partial charge is 0.227 e. The molecule has 71 valence electrons. The third kappa shape index (κ3) is 2.73. The zero-order chi connectivity index (χ0) is 8.81. The highest BCUT2D eigenvalue weighted by molar-refractivity contribution is 4.60. The second kappa shape index (κ2) is 5.51. The summed E-state index contributed by atoms with van der Waals surface area (Å²) in [4.78, 5) is 0. The second-order valence-electron chi connectivity index (χ2n) is 3.21. The van der Waals surface area contributed by atoms with E-state index in [4.69, 9.17) is 0 Å². The van der Waals surface area contributed by atoms with Crippen LogP contribution in [0, 0.1) is 0 Å². The summed E-state index contributed by atoms with van der Waals surface area (Å²) in [5, 5.41) is 4.49. The minimum absolute atomic E-state index is 1.02. The maximum Gasteiger partial charge on any atom is 0.0334 e. The van der Waals surface area contributed by atoms with Gasteiger partial charge in [0.25, 0.3) is 0 Å². The molecule has 0 bridgehead atoms. The molecule has 0 N–H and O–H groups in total. The fourth-order valence-corrected chi connectivity index (χ4v) is 1.48. The molecule has 3 nitrogen and oxygen atoms in total. The fraction of sp³-hybridized carbons (Fsp3) is 1.00. The molecule has 0 unspecified atom stereocenters. The van der Waals surface area contributed by atoms with Gasteiger partial charge in [-0.3, -0.25) is 0 Å². The van der Waals surface area contributed by atoms with Crippen LogP contribution >= 0.6 is 0 Å². The van der Waals surface area contributed by atoms with Crippen molar-refractivity contribution in [1.29, 1.82) is 0 Å². The maximum absolute atomic E-state index is 4.42. The van der Waals surface area contributed by atoms with Crippen LogP contribution < -0.4 is 5.43 Å².